The summed E-state index contributed by atoms with van der Waals surface area (Å²) < 4.78 is 0. The Labute approximate surface area is 114 Å². The van der Waals surface area contributed by atoms with Gasteiger partial charge in [-0.15, -0.1) is 0 Å². The molecule has 19 heavy (non-hydrogen) atoms. The normalized spacial score (nSPS) is 12.3. The van der Waals surface area contributed by atoms with Crippen molar-refractivity contribution in [2.75, 3.05) is 0 Å². The second kappa shape index (κ2) is 7.02. The molecule has 2 rings (SSSR count). The van der Waals surface area contributed by atoms with E-state index in [1.54, 1.807) is 0 Å². The Kier molecular flexibility index (Phi) is 5.07. The van der Waals surface area contributed by atoms with Crippen molar-refractivity contribution in [3.8, 4) is 0 Å². The molecule has 1 heterocycles. The largest absolute Gasteiger partial charge is 0.271 e. The van der Waals surface area contributed by atoms with Crippen molar-refractivity contribution in [1.82, 2.24) is 10.4 Å². The van der Waals surface area contributed by atoms with Gasteiger partial charge in [0, 0.05) is 24.4 Å². The molecule has 0 radical (unpaired) electrons. The van der Waals surface area contributed by atoms with E-state index in [-0.39, 0.29) is 6.04 Å². The van der Waals surface area contributed by atoms with Crippen molar-refractivity contribution in [1.29, 1.82) is 0 Å². The van der Waals surface area contributed by atoms with E-state index in [9.17, 15) is 0 Å². The summed E-state index contributed by atoms with van der Waals surface area (Å²) in [5.41, 5.74) is 6.62. The number of nitrogens with two attached hydrogens (primary N) is 1. The van der Waals surface area contributed by atoms with Crippen LogP contribution in [0.1, 0.15) is 23.7 Å². The fraction of sp³-hybridized carbons (Fsp3) is 0.312. The third kappa shape index (κ3) is 4.16. The number of aryl methyl sites for hydroxylation is 1. The van der Waals surface area contributed by atoms with Gasteiger partial charge in [-0.1, -0.05) is 37.3 Å². The van der Waals surface area contributed by atoms with Gasteiger partial charge in [-0.25, -0.2) is 0 Å². The number of rotatable bonds is 6. The fourth-order valence-corrected chi connectivity index (χ4v) is 2.16. The molecule has 3 nitrogen and oxygen atoms in total. The minimum absolute atomic E-state index is 0.211. The van der Waals surface area contributed by atoms with Crippen molar-refractivity contribution >= 4 is 0 Å². The van der Waals surface area contributed by atoms with Crippen molar-refractivity contribution in [3.05, 3.63) is 65.5 Å². The maximum Gasteiger partial charge on any atom is 0.0419 e. The lowest BCUT2D eigenvalue weighted by atomic mass is 10.0. The number of hydrogen-bond donors (Lipinski definition) is 2. The van der Waals surface area contributed by atoms with Crippen LogP contribution in [0.25, 0.3) is 0 Å². The molecule has 0 saturated heterocycles. The Morgan fingerprint density at radius 2 is 1.79 bits per heavy atom. The number of nitrogens with one attached hydrogen (secondary N) is 1. The Bertz CT molecular complexity index is 479. The predicted octanol–water partition coefficient (Wildman–Crippen LogP) is 2.26. The van der Waals surface area contributed by atoms with Gasteiger partial charge >= 0.3 is 0 Å². The maximum atomic E-state index is 5.65. The lowest BCUT2D eigenvalue weighted by Crippen LogP contribution is -2.38. The zero-order valence-electron chi connectivity index (χ0n) is 11.3. The fourth-order valence-electron chi connectivity index (χ4n) is 2.16. The number of hydrogen-bond acceptors (Lipinski definition) is 3. The van der Waals surface area contributed by atoms with Crippen LogP contribution in [0, 0.1) is 0 Å². The summed E-state index contributed by atoms with van der Waals surface area (Å²) >= 11 is 0. The van der Waals surface area contributed by atoms with E-state index >= 15 is 0 Å². The van der Waals surface area contributed by atoms with E-state index in [1.165, 1.54) is 11.1 Å². The molecule has 1 aromatic carbocycles. The monoisotopic (exact) mass is 255 g/mol. The molecule has 3 N–H and O–H groups in total. The highest BCUT2D eigenvalue weighted by molar-refractivity contribution is 5.23. The van der Waals surface area contributed by atoms with E-state index in [1.807, 2.05) is 24.4 Å². The van der Waals surface area contributed by atoms with E-state index in [2.05, 4.69) is 41.6 Å². The number of benzene rings is 1. The molecule has 0 spiro atoms. The molecule has 0 aliphatic rings. The maximum absolute atomic E-state index is 5.65. The molecule has 1 unspecified atom stereocenters. The molecule has 0 amide bonds. The van der Waals surface area contributed by atoms with Crippen LogP contribution in [0.15, 0.2) is 48.7 Å². The highest BCUT2D eigenvalue weighted by atomic mass is 15.2. The number of hydrazine groups is 1. The summed E-state index contributed by atoms with van der Waals surface area (Å²) in [4.78, 5) is 4.34. The van der Waals surface area contributed by atoms with Crippen LogP contribution in [0.3, 0.4) is 0 Å². The summed E-state index contributed by atoms with van der Waals surface area (Å²) in [5, 5.41) is 0. The summed E-state index contributed by atoms with van der Waals surface area (Å²) in [6, 6.07) is 14.9. The first-order valence-corrected chi connectivity index (χ1v) is 6.75. The molecular weight excluding hydrogens is 234 g/mol. The first-order chi connectivity index (χ1) is 9.31. The Balaban J connectivity index is 1.98. The first kappa shape index (κ1) is 13.7. The highest BCUT2D eigenvalue weighted by Gasteiger charge is 2.09. The van der Waals surface area contributed by atoms with Gasteiger partial charge in [-0.3, -0.25) is 16.3 Å². The second-order valence-corrected chi connectivity index (χ2v) is 4.76. The Morgan fingerprint density at radius 1 is 1.05 bits per heavy atom. The molecule has 100 valence electrons. The van der Waals surface area contributed by atoms with Crippen LogP contribution < -0.4 is 11.3 Å². The minimum Gasteiger partial charge on any atom is -0.271 e. The zero-order chi connectivity index (χ0) is 13.5. The smallest absolute Gasteiger partial charge is 0.0419 e. The molecule has 3 heteroatoms. The third-order valence-corrected chi connectivity index (χ3v) is 3.33. The minimum atomic E-state index is 0.211. The standard InChI is InChI=1S/C16H21N3/c1-2-13-6-8-14(9-7-13)11-16(19-17)12-15-5-3-4-10-18-15/h3-10,16,19H,2,11-12,17H2,1H3. The number of aromatic nitrogens is 1. The van der Waals surface area contributed by atoms with Crippen LogP contribution in [0.4, 0.5) is 0 Å². The van der Waals surface area contributed by atoms with Gasteiger partial charge in [0.15, 0.2) is 0 Å². The van der Waals surface area contributed by atoms with Crippen molar-refractivity contribution in [2.45, 2.75) is 32.2 Å². The van der Waals surface area contributed by atoms with Crippen LogP contribution >= 0.6 is 0 Å². The molecular formula is C16H21N3. The van der Waals surface area contributed by atoms with Gasteiger partial charge in [-0.2, -0.15) is 0 Å². The van der Waals surface area contributed by atoms with E-state index in [0.717, 1.165) is 25.0 Å². The Morgan fingerprint density at radius 3 is 2.37 bits per heavy atom. The van der Waals surface area contributed by atoms with Crippen LogP contribution in [0.5, 0.6) is 0 Å². The number of pyridine rings is 1. The molecule has 0 saturated carbocycles. The predicted molar refractivity (Wildman–Crippen MR) is 78.6 cm³/mol. The second-order valence-electron chi connectivity index (χ2n) is 4.76. The number of nitrogens with zero attached hydrogens (tertiary/aromatic N) is 1. The van der Waals surface area contributed by atoms with E-state index in [4.69, 9.17) is 5.84 Å². The first-order valence-electron chi connectivity index (χ1n) is 6.75. The SMILES string of the molecule is CCc1ccc(CC(Cc2ccccn2)NN)cc1. The van der Waals surface area contributed by atoms with Gasteiger partial charge in [-0.05, 0) is 36.1 Å². The lowest BCUT2D eigenvalue weighted by molar-refractivity contribution is 0.517. The zero-order valence-corrected chi connectivity index (χ0v) is 11.3. The molecule has 0 fully saturated rings. The molecule has 2 aromatic rings. The third-order valence-electron chi connectivity index (χ3n) is 3.33. The van der Waals surface area contributed by atoms with Crippen LogP contribution in [-0.2, 0) is 19.3 Å². The average Bonchev–Trinajstić information content (AvgIpc) is 2.48. The van der Waals surface area contributed by atoms with Crippen LogP contribution in [0.2, 0.25) is 0 Å². The van der Waals surface area contributed by atoms with Crippen molar-refractivity contribution in [3.63, 3.8) is 0 Å². The highest BCUT2D eigenvalue weighted by Crippen LogP contribution is 2.09. The summed E-state index contributed by atoms with van der Waals surface area (Å²) in [6.45, 7) is 2.17. The quantitative estimate of drug-likeness (QED) is 0.615. The lowest BCUT2D eigenvalue weighted by Gasteiger charge is -2.15. The molecule has 0 aliphatic carbocycles. The molecule has 0 aliphatic heterocycles. The topological polar surface area (TPSA) is 50.9 Å². The van der Waals surface area contributed by atoms with Crippen molar-refractivity contribution in [2.24, 2.45) is 5.84 Å². The average molecular weight is 255 g/mol. The van der Waals surface area contributed by atoms with Gasteiger partial charge in [0.25, 0.3) is 0 Å². The molecule has 1 atom stereocenters. The summed E-state index contributed by atoms with van der Waals surface area (Å²) in [7, 11) is 0. The Hall–Kier alpha value is -1.71. The summed E-state index contributed by atoms with van der Waals surface area (Å²) in [6.07, 6.45) is 4.65. The van der Waals surface area contributed by atoms with E-state index < -0.39 is 0 Å². The van der Waals surface area contributed by atoms with E-state index in [0.29, 0.717) is 0 Å². The van der Waals surface area contributed by atoms with Gasteiger partial charge in [0.1, 0.15) is 0 Å². The van der Waals surface area contributed by atoms with Gasteiger partial charge < -0.3 is 0 Å². The summed E-state index contributed by atoms with van der Waals surface area (Å²) in [5.74, 6) is 5.65. The van der Waals surface area contributed by atoms with Crippen LogP contribution in [-0.4, -0.2) is 11.0 Å². The molecule has 0 bridgehead atoms. The molecule has 1 aromatic heterocycles. The van der Waals surface area contributed by atoms with Gasteiger partial charge in [0.2, 0.25) is 0 Å². The van der Waals surface area contributed by atoms with Gasteiger partial charge in [0.05, 0.1) is 0 Å². The van der Waals surface area contributed by atoms with Crippen molar-refractivity contribution < 1.29 is 0 Å².